The molecule has 2 aliphatic rings. The lowest BCUT2D eigenvalue weighted by atomic mass is 9.84. The zero-order valence-corrected chi connectivity index (χ0v) is 9.47. The lowest BCUT2D eigenvalue weighted by Crippen LogP contribution is -2.18. The van der Waals surface area contributed by atoms with Gasteiger partial charge < -0.3 is 4.74 Å². The van der Waals surface area contributed by atoms with Crippen molar-refractivity contribution in [1.82, 2.24) is 0 Å². The Kier molecular flexibility index (Phi) is 2.45. The van der Waals surface area contributed by atoms with Crippen LogP contribution >= 0.6 is 12.6 Å². The SMILES string of the molecule is CC(C)C1=C(C(C)S)C2CCC1O2. The summed E-state index contributed by atoms with van der Waals surface area (Å²) in [4.78, 5) is 0. The van der Waals surface area contributed by atoms with E-state index in [1.54, 1.807) is 5.57 Å². The predicted octanol–water partition coefficient (Wildman–Crippen LogP) is 2.82. The maximum absolute atomic E-state index is 5.90. The molecule has 3 unspecified atom stereocenters. The molecule has 0 aliphatic carbocycles. The molecule has 2 rings (SSSR count). The molecule has 0 saturated carbocycles. The van der Waals surface area contributed by atoms with Crippen LogP contribution in [0.5, 0.6) is 0 Å². The van der Waals surface area contributed by atoms with Gasteiger partial charge in [0, 0.05) is 5.25 Å². The predicted molar refractivity (Wildman–Crippen MR) is 58.2 cm³/mol. The second-order valence-corrected chi connectivity index (χ2v) is 5.21. The van der Waals surface area contributed by atoms with Gasteiger partial charge in [-0.05, 0) is 36.8 Å². The van der Waals surface area contributed by atoms with Crippen molar-refractivity contribution in [3.05, 3.63) is 11.1 Å². The molecular weight excluding hydrogens is 180 g/mol. The molecule has 0 aromatic rings. The Morgan fingerprint density at radius 3 is 2.08 bits per heavy atom. The summed E-state index contributed by atoms with van der Waals surface area (Å²) in [5.74, 6) is 0.625. The van der Waals surface area contributed by atoms with Crippen LogP contribution in [0.3, 0.4) is 0 Å². The van der Waals surface area contributed by atoms with E-state index >= 15 is 0 Å². The van der Waals surface area contributed by atoms with Gasteiger partial charge in [0.1, 0.15) is 0 Å². The van der Waals surface area contributed by atoms with E-state index in [0.29, 0.717) is 23.4 Å². The van der Waals surface area contributed by atoms with E-state index in [1.807, 2.05) is 0 Å². The smallest absolute Gasteiger partial charge is 0.0808 e. The first kappa shape index (κ1) is 9.60. The molecule has 2 bridgehead atoms. The van der Waals surface area contributed by atoms with Gasteiger partial charge in [-0.25, -0.2) is 0 Å². The fraction of sp³-hybridized carbons (Fsp3) is 0.818. The molecule has 1 nitrogen and oxygen atoms in total. The fourth-order valence-electron chi connectivity index (χ4n) is 2.68. The van der Waals surface area contributed by atoms with Crippen molar-refractivity contribution in [3.63, 3.8) is 0 Å². The molecule has 3 atom stereocenters. The number of thiol groups is 1. The van der Waals surface area contributed by atoms with Crippen molar-refractivity contribution >= 4 is 12.6 Å². The molecule has 0 aromatic heterocycles. The van der Waals surface area contributed by atoms with Crippen molar-refractivity contribution in [3.8, 4) is 0 Å². The van der Waals surface area contributed by atoms with Crippen LogP contribution in [0.4, 0.5) is 0 Å². The third kappa shape index (κ3) is 1.44. The summed E-state index contributed by atoms with van der Waals surface area (Å²) in [6, 6.07) is 0. The largest absolute Gasteiger partial charge is 0.366 e. The van der Waals surface area contributed by atoms with E-state index in [2.05, 4.69) is 33.4 Å². The van der Waals surface area contributed by atoms with Crippen LogP contribution in [0, 0.1) is 5.92 Å². The quantitative estimate of drug-likeness (QED) is 0.530. The van der Waals surface area contributed by atoms with E-state index in [4.69, 9.17) is 4.74 Å². The van der Waals surface area contributed by atoms with E-state index in [-0.39, 0.29) is 0 Å². The average molecular weight is 198 g/mol. The van der Waals surface area contributed by atoms with Crippen molar-refractivity contribution in [1.29, 1.82) is 0 Å². The van der Waals surface area contributed by atoms with Gasteiger partial charge in [0.25, 0.3) is 0 Å². The number of hydrogen-bond acceptors (Lipinski definition) is 2. The highest BCUT2D eigenvalue weighted by Crippen LogP contribution is 2.44. The van der Waals surface area contributed by atoms with Crippen molar-refractivity contribution in [2.45, 2.75) is 51.1 Å². The van der Waals surface area contributed by atoms with Gasteiger partial charge in [0.2, 0.25) is 0 Å². The molecule has 0 N–H and O–H groups in total. The summed E-state index contributed by atoms with van der Waals surface area (Å²) in [6.07, 6.45) is 3.26. The van der Waals surface area contributed by atoms with Crippen LogP contribution < -0.4 is 0 Å². The molecule has 0 radical (unpaired) electrons. The van der Waals surface area contributed by atoms with Crippen LogP contribution in [-0.4, -0.2) is 17.5 Å². The molecule has 0 amide bonds. The molecule has 2 heterocycles. The van der Waals surface area contributed by atoms with Gasteiger partial charge in [-0.3, -0.25) is 0 Å². The first-order valence-corrected chi connectivity index (χ1v) is 5.70. The highest BCUT2D eigenvalue weighted by Gasteiger charge is 2.41. The molecule has 74 valence electrons. The molecule has 0 spiro atoms. The minimum Gasteiger partial charge on any atom is -0.366 e. The molecule has 2 aliphatic heterocycles. The van der Waals surface area contributed by atoms with Gasteiger partial charge in [0.05, 0.1) is 12.2 Å². The maximum atomic E-state index is 5.90. The number of rotatable bonds is 2. The van der Waals surface area contributed by atoms with Gasteiger partial charge >= 0.3 is 0 Å². The summed E-state index contributed by atoms with van der Waals surface area (Å²) in [6.45, 7) is 6.68. The average Bonchev–Trinajstić information content (AvgIpc) is 2.60. The Morgan fingerprint density at radius 2 is 1.69 bits per heavy atom. The normalized spacial score (nSPS) is 34.8. The van der Waals surface area contributed by atoms with Gasteiger partial charge in [-0.15, -0.1) is 0 Å². The summed E-state index contributed by atoms with van der Waals surface area (Å²) in [7, 11) is 0. The Hall–Kier alpha value is 0.0500. The van der Waals surface area contributed by atoms with Crippen molar-refractivity contribution in [2.75, 3.05) is 0 Å². The van der Waals surface area contributed by atoms with Crippen LogP contribution in [0.25, 0.3) is 0 Å². The minimum absolute atomic E-state index is 0.368. The maximum Gasteiger partial charge on any atom is 0.0808 e. The first-order valence-electron chi connectivity index (χ1n) is 5.18. The third-order valence-corrected chi connectivity index (χ3v) is 3.40. The second kappa shape index (κ2) is 3.32. The third-order valence-electron chi connectivity index (χ3n) is 3.12. The highest BCUT2D eigenvalue weighted by molar-refractivity contribution is 7.81. The second-order valence-electron chi connectivity index (χ2n) is 4.43. The summed E-state index contributed by atoms with van der Waals surface area (Å²) >= 11 is 4.54. The minimum atomic E-state index is 0.368. The Morgan fingerprint density at radius 1 is 1.15 bits per heavy atom. The Balaban J connectivity index is 2.35. The standard InChI is InChI=1S/C11H18OS/c1-6(2)10-8-4-5-9(12-8)11(10)7(3)13/h6-9,13H,4-5H2,1-3H3. The molecular formula is C11H18OS. The number of ether oxygens (including phenoxy) is 1. The van der Waals surface area contributed by atoms with E-state index in [9.17, 15) is 0 Å². The van der Waals surface area contributed by atoms with E-state index < -0.39 is 0 Å². The summed E-state index contributed by atoms with van der Waals surface area (Å²) in [5, 5.41) is 0.368. The van der Waals surface area contributed by atoms with Crippen LogP contribution in [0.1, 0.15) is 33.6 Å². The first-order chi connectivity index (χ1) is 6.11. The summed E-state index contributed by atoms with van der Waals surface area (Å²) < 4.78 is 5.90. The van der Waals surface area contributed by atoms with E-state index in [0.717, 1.165) is 0 Å². The lowest BCUT2D eigenvalue weighted by Gasteiger charge is -2.21. The summed E-state index contributed by atoms with van der Waals surface area (Å²) in [5.41, 5.74) is 3.02. The molecule has 2 heteroatoms. The zero-order chi connectivity index (χ0) is 9.59. The fourth-order valence-corrected chi connectivity index (χ4v) is 3.00. The molecule has 1 fully saturated rings. The van der Waals surface area contributed by atoms with Gasteiger partial charge in [-0.2, -0.15) is 12.6 Å². The molecule has 0 aromatic carbocycles. The monoisotopic (exact) mass is 198 g/mol. The van der Waals surface area contributed by atoms with Crippen molar-refractivity contribution in [2.24, 2.45) is 5.92 Å². The number of fused-ring (bicyclic) bond motifs is 2. The lowest BCUT2D eigenvalue weighted by molar-refractivity contribution is 0.108. The molecule has 1 saturated heterocycles. The Labute approximate surface area is 86.0 Å². The highest BCUT2D eigenvalue weighted by atomic mass is 32.1. The van der Waals surface area contributed by atoms with Gasteiger partial charge in [-0.1, -0.05) is 13.8 Å². The van der Waals surface area contributed by atoms with Crippen LogP contribution in [0.2, 0.25) is 0 Å². The molecule has 13 heavy (non-hydrogen) atoms. The van der Waals surface area contributed by atoms with Gasteiger partial charge in [0.15, 0.2) is 0 Å². The van der Waals surface area contributed by atoms with E-state index in [1.165, 1.54) is 18.4 Å². The van der Waals surface area contributed by atoms with Crippen LogP contribution in [0.15, 0.2) is 11.1 Å². The number of hydrogen-bond donors (Lipinski definition) is 1. The topological polar surface area (TPSA) is 9.23 Å². The van der Waals surface area contributed by atoms with Crippen LogP contribution in [-0.2, 0) is 4.74 Å². The Bertz CT molecular complexity index is 218. The van der Waals surface area contributed by atoms with Crippen molar-refractivity contribution < 1.29 is 4.74 Å². The zero-order valence-electron chi connectivity index (χ0n) is 8.58.